The number of methoxy groups -OCH3 is 1. The van der Waals surface area contributed by atoms with Crippen LogP contribution >= 0.6 is 11.6 Å². The average Bonchev–Trinajstić information content (AvgIpc) is 2.93. The van der Waals surface area contributed by atoms with E-state index in [0.717, 1.165) is 59.7 Å². The van der Waals surface area contributed by atoms with E-state index < -0.39 is 10.0 Å². The maximum Gasteiger partial charge on any atom is 0.264 e. The van der Waals surface area contributed by atoms with Gasteiger partial charge in [0.25, 0.3) is 10.0 Å². The van der Waals surface area contributed by atoms with Crippen molar-refractivity contribution in [2.75, 3.05) is 17.1 Å². The standard InChI is InChI=1S/C28H31ClN6O3S/c1-3-17-14-18(15-19-16-31-28(34-26(17)19)32-21-10-8-20(30)9-11-21)22-12-13-25(33-27(22)38-2)35-39(36,37)24-7-5-4-6-23(24)29/h4-7,12-16,20-21H,3,8-11,30H2,1-2H3,(H,33,35)(H,31,32,34). The molecule has 204 valence electrons. The smallest absolute Gasteiger partial charge is 0.264 e. The maximum atomic E-state index is 12.9. The summed E-state index contributed by atoms with van der Waals surface area (Å²) in [7, 11) is -2.43. The van der Waals surface area contributed by atoms with E-state index >= 15 is 0 Å². The van der Waals surface area contributed by atoms with Crippen LogP contribution in [-0.4, -0.2) is 42.6 Å². The van der Waals surface area contributed by atoms with E-state index in [1.54, 1.807) is 24.3 Å². The number of fused-ring (bicyclic) bond motifs is 1. The number of aryl methyl sites for hydroxylation is 1. The molecule has 1 aliphatic carbocycles. The Bertz CT molecular complexity index is 1610. The number of hydrogen-bond acceptors (Lipinski definition) is 8. The lowest BCUT2D eigenvalue weighted by Gasteiger charge is -2.26. The minimum Gasteiger partial charge on any atom is -0.480 e. The Morgan fingerprint density at radius 1 is 1.08 bits per heavy atom. The van der Waals surface area contributed by atoms with Crippen molar-refractivity contribution in [3.05, 3.63) is 65.3 Å². The van der Waals surface area contributed by atoms with E-state index in [1.165, 1.54) is 19.2 Å². The first-order chi connectivity index (χ1) is 18.8. The van der Waals surface area contributed by atoms with Gasteiger partial charge in [0.1, 0.15) is 10.7 Å². The first kappa shape index (κ1) is 27.1. The Morgan fingerprint density at radius 2 is 1.85 bits per heavy atom. The number of sulfonamides is 1. The van der Waals surface area contributed by atoms with Crippen LogP contribution in [0, 0.1) is 0 Å². The van der Waals surface area contributed by atoms with Gasteiger partial charge >= 0.3 is 0 Å². The highest BCUT2D eigenvalue weighted by Gasteiger charge is 2.21. The van der Waals surface area contributed by atoms with Crippen molar-refractivity contribution in [3.8, 4) is 17.0 Å². The van der Waals surface area contributed by atoms with E-state index in [4.69, 9.17) is 27.1 Å². The van der Waals surface area contributed by atoms with Gasteiger partial charge in [-0.3, -0.25) is 4.72 Å². The highest BCUT2D eigenvalue weighted by Crippen LogP contribution is 2.34. The molecular formula is C28H31ClN6O3S. The van der Waals surface area contributed by atoms with E-state index in [9.17, 15) is 8.42 Å². The Balaban J connectivity index is 1.44. The van der Waals surface area contributed by atoms with Crippen molar-refractivity contribution in [2.24, 2.45) is 5.73 Å². The SMILES string of the molecule is CCc1cc(-c2ccc(NS(=O)(=O)c3ccccc3Cl)nc2OC)cc2cnc(NC3CCC(N)CC3)nc12. The summed E-state index contributed by atoms with van der Waals surface area (Å²) in [6.45, 7) is 2.08. The summed E-state index contributed by atoms with van der Waals surface area (Å²) in [5.74, 6) is 1.03. The second-order valence-corrected chi connectivity index (χ2v) is 11.7. The molecule has 9 nitrogen and oxygen atoms in total. The highest BCUT2D eigenvalue weighted by atomic mass is 35.5. The molecular weight excluding hydrogens is 536 g/mol. The molecule has 0 aliphatic heterocycles. The fourth-order valence-corrected chi connectivity index (χ4v) is 6.41. The van der Waals surface area contributed by atoms with Gasteiger partial charge in [0.2, 0.25) is 11.8 Å². The van der Waals surface area contributed by atoms with Crippen molar-refractivity contribution in [2.45, 2.75) is 56.0 Å². The number of nitrogens with one attached hydrogen (secondary N) is 2. The van der Waals surface area contributed by atoms with Crippen LogP contribution in [0.3, 0.4) is 0 Å². The molecule has 0 radical (unpaired) electrons. The predicted octanol–water partition coefficient (Wildman–Crippen LogP) is 5.40. The topological polar surface area (TPSA) is 132 Å². The summed E-state index contributed by atoms with van der Waals surface area (Å²) in [5.41, 5.74) is 9.58. The lowest BCUT2D eigenvalue weighted by Crippen LogP contribution is -2.33. The molecule has 0 unspecified atom stereocenters. The molecule has 1 fully saturated rings. The Hall–Kier alpha value is -3.47. The van der Waals surface area contributed by atoms with Crippen LogP contribution in [0.1, 0.15) is 38.2 Å². The number of nitrogens with two attached hydrogens (primary N) is 1. The molecule has 0 spiro atoms. The molecule has 1 saturated carbocycles. The number of hydrogen-bond donors (Lipinski definition) is 3. The van der Waals surface area contributed by atoms with Gasteiger partial charge in [-0.1, -0.05) is 30.7 Å². The predicted molar refractivity (Wildman–Crippen MR) is 155 cm³/mol. The van der Waals surface area contributed by atoms with Crippen molar-refractivity contribution < 1.29 is 13.2 Å². The molecule has 5 rings (SSSR count). The molecule has 2 aromatic carbocycles. The van der Waals surface area contributed by atoms with Crippen LogP contribution < -0.4 is 20.5 Å². The molecule has 0 atom stereocenters. The first-order valence-corrected chi connectivity index (χ1v) is 14.8. The molecule has 39 heavy (non-hydrogen) atoms. The summed E-state index contributed by atoms with van der Waals surface area (Å²) < 4.78 is 33.8. The van der Waals surface area contributed by atoms with Crippen molar-refractivity contribution >= 4 is 44.3 Å². The van der Waals surface area contributed by atoms with Gasteiger partial charge in [0, 0.05) is 29.2 Å². The highest BCUT2D eigenvalue weighted by molar-refractivity contribution is 7.92. The van der Waals surface area contributed by atoms with Crippen LogP contribution in [0.2, 0.25) is 5.02 Å². The largest absolute Gasteiger partial charge is 0.480 e. The van der Waals surface area contributed by atoms with Gasteiger partial charge in [0.05, 0.1) is 17.6 Å². The number of aromatic nitrogens is 3. The van der Waals surface area contributed by atoms with Crippen molar-refractivity contribution in [1.29, 1.82) is 0 Å². The van der Waals surface area contributed by atoms with E-state index in [1.807, 2.05) is 12.3 Å². The van der Waals surface area contributed by atoms with Crippen molar-refractivity contribution in [3.63, 3.8) is 0 Å². The first-order valence-electron chi connectivity index (χ1n) is 12.9. The van der Waals surface area contributed by atoms with Crippen molar-refractivity contribution in [1.82, 2.24) is 15.0 Å². The Kier molecular flexibility index (Phi) is 7.88. The second kappa shape index (κ2) is 11.3. The van der Waals surface area contributed by atoms with Crippen LogP contribution in [0.15, 0.2) is 59.6 Å². The number of benzene rings is 2. The van der Waals surface area contributed by atoms with Gasteiger partial charge in [-0.05, 0) is 79.6 Å². The molecule has 0 amide bonds. The van der Waals surface area contributed by atoms with Gasteiger partial charge < -0.3 is 15.8 Å². The van der Waals surface area contributed by atoms with Crippen LogP contribution in [0.4, 0.5) is 11.8 Å². The molecule has 4 aromatic rings. The van der Waals surface area contributed by atoms with Crippen LogP contribution in [-0.2, 0) is 16.4 Å². The summed E-state index contributed by atoms with van der Waals surface area (Å²) in [6.07, 6.45) is 6.63. The third kappa shape index (κ3) is 5.93. The molecule has 11 heteroatoms. The fraction of sp³-hybridized carbons (Fsp3) is 0.321. The number of anilines is 2. The normalized spacial score (nSPS) is 17.6. The van der Waals surface area contributed by atoms with E-state index in [-0.39, 0.29) is 27.7 Å². The lowest BCUT2D eigenvalue weighted by molar-refractivity contribution is 0.400. The van der Waals surface area contributed by atoms with Gasteiger partial charge in [0.15, 0.2) is 0 Å². The van der Waals surface area contributed by atoms with Gasteiger partial charge in [-0.25, -0.2) is 18.4 Å². The number of rotatable bonds is 8. The zero-order valence-corrected chi connectivity index (χ0v) is 23.4. The summed E-state index contributed by atoms with van der Waals surface area (Å²) >= 11 is 6.10. The fourth-order valence-electron chi connectivity index (χ4n) is 4.89. The van der Waals surface area contributed by atoms with Crippen LogP contribution in [0.5, 0.6) is 5.88 Å². The number of pyridine rings is 1. The monoisotopic (exact) mass is 566 g/mol. The van der Waals surface area contributed by atoms with Gasteiger partial charge in [-0.15, -0.1) is 0 Å². The average molecular weight is 567 g/mol. The number of nitrogens with zero attached hydrogens (tertiary/aromatic N) is 3. The summed E-state index contributed by atoms with van der Waals surface area (Å²) in [4.78, 5) is 13.8. The number of halogens is 1. The third-order valence-corrected chi connectivity index (χ3v) is 8.83. The molecule has 2 aromatic heterocycles. The van der Waals surface area contributed by atoms with Gasteiger partial charge in [-0.2, -0.15) is 4.98 Å². The second-order valence-electron chi connectivity index (χ2n) is 9.67. The molecule has 4 N–H and O–H groups in total. The third-order valence-electron chi connectivity index (χ3n) is 6.98. The maximum absolute atomic E-state index is 12.9. The molecule has 1 aliphatic rings. The zero-order chi connectivity index (χ0) is 27.6. The molecule has 2 heterocycles. The van der Waals surface area contributed by atoms with Crippen LogP contribution in [0.25, 0.3) is 22.0 Å². The minimum atomic E-state index is -3.93. The zero-order valence-electron chi connectivity index (χ0n) is 21.8. The quantitative estimate of drug-likeness (QED) is 0.258. The number of ether oxygens (including phenoxy) is 1. The summed E-state index contributed by atoms with van der Waals surface area (Å²) in [6, 6.07) is 14.3. The Labute approximate surface area is 233 Å². The van der Waals surface area contributed by atoms with E-state index in [2.05, 4.69) is 33.0 Å². The van der Waals surface area contributed by atoms with E-state index in [0.29, 0.717) is 12.0 Å². The molecule has 0 bridgehead atoms. The lowest BCUT2D eigenvalue weighted by atomic mass is 9.92. The summed E-state index contributed by atoms with van der Waals surface area (Å²) in [5, 5.41) is 4.50. The Morgan fingerprint density at radius 3 is 2.56 bits per heavy atom. The molecule has 0 saturated heterocycles. The minimum absolute atomic E-state index is 0.0282.